The predicted molar refractivity (Wildman–Crippen MR) is 76.6 cm³/mol. The van der Waals surface area contributed by atoms with Crippen LogP contribution in [-0.2, 0) is 0 Å². The first-order chi connectivity index (χ1) is 8.69. The van der Waals surface area contributed by atoms with Gasteiger partial charge in [-0.3, -0.25) is 4.79 Å². The zero-order valence-electron chi connectivity index (χ0n) is 10.0. The maximum atomic E-state index is 11.5. The molecule has 0 aliphatic heterocycles. The van der Waals surface area contributed by atoms with Crippen LogP contribution in [0, 0.1) is 0 Å². The van der Waals surface area contributed by atoms with Crippen LogP contribution < -0.4 is 0 Å². The van der Waals surface area contributed by atoms with Crippen molar-refractivity contribution in [3.63, 3.8) is 0 Å². The minimum absolute atomic E-state index is 0.175. The molecule has 2 aromatic carbocycles. The molecule has 0 bridgehead atoms. The molecule has 1 nitrogen and oxygen atoms in total. The van der Waals surface area contributed by atoms with Gasteiger partial charge >= 0.3 is 0 Å². The monoisotopic (exact) mass is 276 g/mol. The van der Waals surface area contributed by atoms with Gasteiger partial charge in [0.05, 0.1) is 0 Å². The first kappa shape index (κ1) is 13.2. The topological polar surface area (TPSA) is 17.1 Å². The lowest BCUT2D eigenvalue weighted by Crippen LogP contribution is -1.95. The third-order valence-corrected chi connectivity index (χ3v) is 3.76. The summed E-state index contributed by atoms with van der Waals surface area (Å²) in [7, 11) is 0. The van der Waals surface area contributed by atoms with Crippen LogP contribution in [0.5, 0.6) is 0 Å². The van der Waals surface area contributed by atoms with Gasteiger partial charge in [-0.2, -0.15) is 0 Å². The molecule has 0 aliphatic carbocycles. The minimum atomic E-state index is 0.175. The Hall–Kier alpha value is -1.25. The van der Waals surface area contributed by atoms with E-state index in [2.05, 4.69) is 0 Å². The second-order valence-electron chi connectivity index (χ2n) is 3.86. The Morgan fingerprint density at radius 1 is 1.11 bits per heavy atom. The van der Waals surface area contributed by atoms with Crippen molar-refractivity contribution in [1.29, 1.82) is 0 Å². The van der Waals surface area contributed by atoms with E-state index in [4.69, 9.17) is 11.6 Å². The summed E-state index contributed by atoms with van der Waals surface area (Å²) >= 11 is 7.57. The highest BCUT2D eigenvalue weighted by Crippen LogP contribution is 2.29. The highest BCUT2D eigenvalue weighted by atomic mass is 35.5. The Balaban J connectivity index is 2.13. The molecule has 18 heavy (non-hydrogen) atoms. The van der Waals surface area contributed by atoms with Crippen molar-refractivity contribution in [1.82, 2.24) is 0 Å². The summed E-state index contributed by atoms with van der Waals surface area (Å²) in [5.41, 5.74) is 0.771. The summed E-state index contributed by atoms with van der Waals surface area (Å²) in [4.78, 5) is 13.7. The van der Waals surface area contributed by atoms with E-state index in [-0.39, 0.29) is 5.78 Å². The van der Waals surface area contributed by atoms with Crippen LogP contribution in [0.4, 0.5) is 0 Å². The molecule has 0 heterocycles. The van der Waals surface area contributed by atoms with Gasteiger partial charge in [0.25, 0.3) is 0 Å². The normalized spacial score (nSPS) is 10.3. The van der Waals surface area contributed by atoms with Crippen LogP contribution in [0.2, 0.25) is 5.02 Å². The highest BCUT2D eigenvalue weighted by molar-refractivity contribution is 7.99. The van der Waals surface area contributed by atoms with Crippen LogP contribution in [0.15, 0.2) is 58.3 Å². The Labute approximate surface area is 116 Å². The summed E-state index contributed by atoms with van der Waals surface area (Å²) in [5, 5.41) is 0.734. The van der Waals surface area contributed by atoms with E-state index in [9.17, 15) is 4.79 Å². The molecule has 2 rings (SSSR count). The fourth-order valence-corrected chi connectivity index (χ4v) is 2.71. The molecule has 0 amide bonds. The number of hydrogen-bond donors (Lipinski definition) is 0. The summed E-state index contributed by atoms with van der Waals surface area (Å²) < 4.78 is 0. The number of benzene rings is 2. The fraction of sp³-hybridized carbons (Fsp3) is 0.133. The zero-order valence-corrected chi connectivity index (χ0v) is 11.6. The van der Waals surface area contributed by atoms with Gasteiger partial charge in [0.2, 0.25) is 0 Å². The van der Waals surface area contributed by atoms with Crippen molar-refractivity contribution in [3.8, 4) is 0 Å². The summed E-state index contributed by atoms with van der Waals surface area (Å²) in [6.45, 7) is 1.87. The van der Waals surface area contributed by atoms with Crippen LogP contribution >= 0.6 is 23.4 Å². The van der Waals surface area contributed by atoms with Crippen molar-refractivity contribution < 1.29 is 4.79 Å². The van der Waals surface area contributed by atoms with Crippen LogP contribution in [0.25, 0.3) is 0 Å². The van der Waals surface area contributed by atoms with Gasteiger partial charge in [0.15, 0.2) is 5.78 Å². The largest absolute Gasteiger partial charge is 0.294 e. The quantitative estimate of drug-likeness (QED) is 0.724. The predicted octanol–water partition coefficient (Wildman–Crippen LogP) is 5.08. The van der Waals surface area contributed by atoms with Crippen LogP contribution in [0.3, 0.4) is 0 Å². The lowest BCUT2D eigenvalue weighted by Gasteiger charge is -2.03. The number of halogens is 1. The fourth-order valence-electron chi connectivity index (χ4n) is 1.58. The van der Waals surface area contributed by atoms with E-state index in [1.807, 2.05) is 55.5 Å². The Morgan fingerprint density at radius 3 is 2.44 bits per heavy atom. The van der Waals surface area contributed by atoms with Crippen molar-refractivity contribution >= 4 is 29.1 Å². The van der Waals surface area contributed by atoms with Crippen molar-refractivity contribution in [2.45, 2.75) is 23.1 Å². The second-order valence-corrected chi connectivity index (χ2v) is 5.44. The molecule has 0 fully saturated rings. The van der Waals surface area contributed by atoms with Gasteiger partial charge in [-0.15, -0.1) is 0 Å². The first-order valence-corrected chi connectivity index (χ1v) is 6.95. The van der Waals surface area contributed by atoms with E-state index in [0.29, 0.717) is 6.42 Å². The van der Waals surface area contributed by atoms with Crippen molar-refractivity contribution in [3.05, 3.63) is 59.1 Å². The standard InChI is InChI=1S/C15H13ClOS/c1-2-15(17)11-6-8-13(9-7-11)18-14-5-3-4-12(16)10-14/h3-10H,2H2,1H3. The molecule has 3 heteroatoms. The molecule has 0 radical (unpaired) electrons. The molecule has 92 valence electrons. The smallest absolute Gasteiger partial charge is 0.162 e. The van der Waals surface area contributed by atoms with Crippen LogP contribution in [-0.4, -0.2) is 5.78 Å². The zero-order chi connectivity index (χ0) is 13.0. The van der Waals surface area contributed by atoms with Gasteiger partial charge in [0, 0.05) is 26.8 Å². The maximum absolute atomic E-state index is 11.5. The number of carbonyl (C=O) groups is 1. The lowest BCUT2D eigenvalue weighted by atomic mass is 10.1. The molecule has 0 atom stereocenters. The summed E-state index contributed by atoms with van der Waals surface area (Å²) in [5.74, 6) is 0.175. The van der Waals surface area contributed by atoms with Crippen molar-refractivity contribution in [2.24, 2.45) is 0 Å². The second kappa shape index (κ2) is 6.07. The van der Waals surface area contributed by atoms with Gasteiger partial charge in [-0.05, 0) is 30.3 Å². The third kappa shape index (κ3) is 3.37. The average Bonchev–Trinajstić information content (AvgIpc) is 2.39. The van der Waals surface area contributed by atoms with Gasteiger partial charge in [-0.25, -0.2) is 0 Å². The van der Waals surface area contributed by atoms with Gasteiger partial charge in [0.1, 0.15) is 0 Å². The molecular formula is C15H13ClOS. The molecule has 0 N–H and O–H groups in total. The first-order valence-electron chi connectivity index (χ1n) is 5.75. The maximum Gasteiger partial charge on any atom is 0.162 e. The van der Waals surface area contributed by atoms with E-state index in [1.54, 1.807) is 11.8 Å². The minimum Gasteiger partial charge on any atom is -0.294 e. The molecule has 2 aromatic rings. The molecule has 0 aromatic heterocycles. The molecule has 0 spiro atoms. The van der Waals surface area contributed by atoms with Crippen LogP contribution in [0.1, 0.15) is 23.7 Å². The lowest BCUT2D eigenvalue weighted by molar-refractivity contribution is 0.0988. The number of ketones is 1. The highest BCUT2D eigenvalue weighted by Gasteiger charge is 2.03. The number of Topliss-reactive ketones (excluding diaryl/α,β-unsaturated/α-hetero) is 1. The molecule has 0 saturated carbocycles. The molecule has 0 saturated heterocycles. The number of carbonyl (C=O) groups excluding carboxylic acids is 1. The Kier molecular flexibility index (Phi) is 4.45. The Morgan fingerprint density at radius 2 is 1.83 bits per heavy atom. The third-order valence-electron chi connectivity index (χ3n) is 2.53. The van der Waals surface area contributed by atoms with Gasteiger partial charge in [-0.1, -0.05) is 48.5 Å². The number of rotatable bonds is 4. The van der Waals surface area contributed by atoms with Gasteiger partial charge < -0.3 is 0 Å². The van der Waals surface area contributed by atoms with E-state index >= 15 is 0 Å². The molecule has 0 unspecified atom stereocenters. The molecule has 0 aliphatic rings. The average molecular weight is 277 g/mol. The SMILES string of the molecule is CCC(=O)c1ccc(Sc2cccc(Cl)c2)cc1. The summed E-state index contributed by atoms with van der Waals surface area (Å²) in [6, 6.07) is 15.4. The molecular weight excluding hydrogens is 264 g/mol. The van der Waals surface area contributed by atoms with E-state index in [0.717, 1.165) is 20.4 Å². The van der Waals surface area contributed by atoms with E-state index < -0.39 is 0 Å². The van der Waals surface area contributed by atoms with Crippen molar-refractivity contribution in [2.75, 3.05) is 0 Å². The summed E-state index contributed by atoms with van der Waals surface area (Å²) in [6.07, 6.45) is 0.542. The Bertz CT molecular complexity index is 549. The number of hydrogen-bond acceptors (Lipinski definition) is 2. The van der Waals surface area contributed by atoms with E-state index in [1.165, 1.54) is 0 Å².